The molecule has 7 rings (SSSR count). The third kappa shape index (κ3) is 42.8. The molecule has 2 atom stereocenters. The van der Waals surface area contributed by atoms with Crippen LogP contribution in [0.3, 0.4) is 0 Å². The average Bonchev–Trinajstić information content (AvgIpc) is 0.789. The molecule has 0 fully saturated rings. The summed E-state index contributed by atoms with van der Waals surface area (Å²) in [7, 11) is 3.39. The van der Waals surface area contributed by atoms with Gasteiger partial charge in [-0.15, -0.1) is 0 Å². The number of aliphatic carboxylic acids is 2. The van der Waals surface area contributed by atoms with Gasteiger partial charge in [-0.3, -0.25) is 9.59 Å². The highest BCUT2D eigenvalue weighted by molar-refractivity contribution is 5.74. The number of nitrogens with one attached hydrogen (secondary N) is 2. The van der Waals surface area contributed by atoms with Gasteiger partial charge in [-0.1, -0.05) is 270 Å². The van der Waals surface area contributed by atoms with Gasteiger partial charge in [-0.05, 0) is 250 Å². The normalized spacial score (nSPS) is 13.0. The van der Waals surface area contributed by atoms with Crippen molar-refractivity contribution in [1.29, 1.82) is 0 Å². The molecule has 0 unspecified atom stereocenters. The second-order valence-electron chi connectivity index (χ2n) is 40.6. The van der Waals surface area contributed by atoms with Crippen molar-refractivity contribution in [3.63, 3.8) is 0 Å². The average molecular weight is 1780 g/mol. The third-order valence-electron chi connectivity index (χ3n) is 22.2. The molecule has 710 valence electrons. The van der Waals surface area contributed by atoms with Gasteiger partial charge in [0.05, 0.1) is 41.8 Å². The first-order valence-corrected chi connectivity index (χ1v) is 44.6. The van der Waals surface area contributed by atoms with Crippen LogP contribution in [-0.2, 0) is 108 Å². The summed E-state index contributed by atoms with van der Waals surface area (Å²) in [5, 5.41) is 42.1. The second-order valence-corrected chi connectivity index (χ2v) is 40.6. The molecule has 0 aliphatic rings. The van der Waals surface area contributed by atoms with Gasteiger partial charge in [-0.25, -0.2) is 13.2 Å². The number of aliphatic hydroxyl groups excluding tert-OH is 2. The molecule has 0 aliphatic heterocycles. The summed E-state index contributed by atoms with van der Waals surface area (Å²) in [4.78, 5) is 22.6. The lowest BCUT2D eigenvalue weighted by Crippen LogP contribution is -2.27. The molecule has 0 aromatic heterocycles. The van der Waals surface area contributed by atoms with Gasteiger partial charge in [-0.2, -0.15) is 26.3 Å². The molecule has 20 heteroatoms. The van der Waals surface area contributed by atoms with E-state index in [1.54, 1.807) is 98.2 Å². The lowest BCUT2D eigenvalue weighted by atomic mass is 9.79. The fraction of sp³-hybridized carbons (Fsp3) is 0.585. The Labute approximate surface area is 753 Å². The lowest BCUT2D eigenvalue weighted by molar-refractivity contribution is -0.149. The maximum Gasteiger partial charge on any atom is 0.416 e. The topological polar surface area (TPSA) is 167 Å². The van der Waals surface area contributed by atoms with Crippen molar-refractivity contribution in [2.24, 2.45) is 10.8 Å². The Kier molecular flexibility index (Phi) is 48.9. The Morgan fingerprint density at radius 1 is 0.357 bits per heavy atom. The molecule has 6 N–H and O–H groups in total. The van der Waals surface area contributed by atoms with Crippen LogP contribution < -0.4 is 15.4 Å². The molecule has 0 heterocycles. The Bertz CT molecular complexity index is 4280. The lowest BCUT2D eigenvalue weighted by Gasteiger charge is -2.26. The van der Waals surface area contributed by atoms with E-state index in [9.17, 15) is 59.3 Å². The van der Waals surface area contributed by atoms with Crippen LogP contribution >= 0.6 is 0 Å². The first-order valence-electron chi connectivity index (χ1n) is 44.6. The minimum absolute atomic E-state index is 0.118. The van der Waals surface area contributed by atoms with Crippen molar-refractivity contribution >= 4 is 11.9 Å². The minimum Gasteiger partial charge on any atom is -0.491 e. The zero-order valence-electron chi connectivity index (χ0n) is 82.0. The standard InChI is InChI=1S/C18H25F3O2.C17H25FO2.C16H23F3.C16H26O.C13H20FNO.C13H19FO2.C13H21NO/c1-6-17(5,15(22)23)10-9-12-7-8-13(18(19,20)21)14(11-12)16(2,3)4;1-6-17(5,15(19)20)10-9-12-7-8-14(18)13(11-12)16(2,3)4;1-5-6-7-8-12-9-10-13(16(17,18)19)14(11-12)15(2,3)4;1-13-9-10-14(8-6-7-11-17-5)12-15(13)16(2,3)4;1-13(2,3)11-8-10(4-5-12(11)14)9-15-6-7-16;1-13(2,3)11-9-10(5-6-12(11)14)16-8-7-15-4;1-13(2,3)12-6-4-5-11(9-12)10-14-7-8-15/h7-8,11H,6,9-10H2,1-5H3,(H,22,23);7-8,11H,6,9-10H2,1-5H3,(H,19,20);9-11H,5-8H2,1-4H3;9-10,12H,6-8,11H2,1-5H3;4-5,8,15-16H,6-7,9H2,1-3H3;5-6,9H,7-8H2,1-4H3;4-6,9,14-15H,7-8,10H2,1-3H3/t2*17-;;;;;/m11...../s1. The summed E-state index contributed by atoms with van der Waals surface area (Å²) in [6.45, 7) is 58.4. The first kappa shape index (κ1) is 116. The van der Waals surface area contributed by atoms with Crippen molar-refractivity contribution in [3.8, 4) is 5.75 Å². The molecule has 0 spiro atoms. The first-order chi connectivity index (χ1) is 57.9. The Morgan fingerprint density at radius 3 is 1.06 bits per heavy atom. The highest BCUT2D eigenvalue weighted by Gasteiger charge is 2.39. The van der Waals surface area contributed by atoms with E-state index in [2.05, 4.69) is 108 Å². The van der Waals surface area contributed by atoms with Crippen molar-refractivity contribution in [2.45, 2.75) is 334 Å². The highest BCUT2D eigenvalue weighted by atomic mass is 19.4. The van der Waals surface area contributed by atoms with Crippen molar-refractivity contribution in [2.75, 3.05) is 60.3 Å². The van der Waals surface area contributed by atoms with Crippen LogP contribution in [0.4, 0.5) is 39.5 Å². The van der Waals surface area contributed by atoms with Crippen LogP contribution in [0.15, 0.2) is 133 Å². The van der Waals surface area contributed by atoms with Crippen LogP contribution in [0.2, 0.25) is 0 Å². The number of ether oxygens (including phenoxy) is 3. The summed E-state index contributed by atoms with van der Waals surface area (Å²) < 4.78 is 135. The molecule has 0 saturated carbocycles. The number of carbonyl (C=O) groups is 2. The molecule has 11 nitrogen and oxygen atoms in total. The number of hydrogen-bond donors (Lipinski definition) is 6. The Balaban J connectivity index is 0.000000738. The largest absolute Gasteiger partial charge is 0.491 e. The van der Waals surface area contributed by atoms with Gasteiger partial charge >= 0.3 is 24.3 Å². The predicted octanol–water partition coefficient (Wildman–Crippen LogP) is 27.4. The van der Waals surface area contributed by atoms with E-state index >= 15 is 0 Å². The van der Waals surface area contributed by atoms with E-state index in [1.165, 1.54) is 64.6 Å². The summed E-state index contributed by atoms with van der Waals surface area (Å²) in [5.41, 5.74) is 9.44. The van der Waals surface area contributed by atoms with Crippen LogP contribution in [0.1, 0.15) is 327 Å². The fourth-order valence-electron chi connectivity index (χ4n) is 13.5. The van der Waals surface area contributed by atoms with Gasteiger partial charge in [0.15, 0.2) is 0 Å². The summed E-state index contributed by atoms with van der Waals surface area (Å²) in [5.74, 6) is -1.49. The van der Waals surface area contributed by atoms with Crippen molar-refractivity contribution in [1.82, 2.24) is 10.6 Å². The second kappa shape index (κ2) is 52.9. The number of hydrogen-bond acceptors (Lipinski definition) is 9. The highest BCUT2D eigenvalue weighted by Crippen LogP contribution is 2.42. The zero-order chi connectivity index (χ0) is 96.8. The molecule has 0 radical (unpaired) electrons. The fourth-order valence-corrected chi connectivity index (χ4v) is 13.5. The molecular formula is C106H159F9N2O9. The zero-order valence-corrected chi connectivity index (χ0v) is 82.0. The molecule has 126 heavy (non-hydrogen) atoms. The predicted molar refractivity (Wildman–Crippen MR) is 502 cm³/mol. The number of aliphatic hydroxyl groups is 2. The van der Waals surface area contributed by atoms with Gasteiger partial charge in [0.2, 0.25) is 0 Å². The van der Waals surface area contributed by atoms with Gasteiger partial charge < -0.3 is 45.3 Å². The van der Waals surface area contributed by atoms with E-state index in [4.69, 9.17) is 24.4 Å². The van der Waals surface area contributed by atoms with E-state index in [1.807, 2.05) is 102 Å². The van der Waals surface area contributed by atoms with Gasteiger partial charge in [0, 0.05) is 47.0 Å². The molecule has 7 aromatic carbocycles. The van der Waals surface area contributed by atoms with Crippen LogP contribution in [0.25, 0.3) is 0 Å². The van der Waals surface area contributed by atoms with E-state index in [0.29, 0.717) is 93.8 Å². The van der Waals surface area contributed by atoms with Crippen LogP contribution in [0.5, 0.6) is 5.75 Å². The van der Waals surface area contributed by atoms with E-state index in [-0.39, 0.29) is 63.3 Å². The number of carboxylic acids is 2. The molecule has 0 amide bonds. The number of methoxy groups -OCH3 is 2. The quantitative estimate of drug-likeness (QED) is 0.0181. The number of aryl methyl sites for hydroxylation is 5. The van der Waals surface area contributed by atoms with E-state index < -0.39 is 57.1 Å². The molecular weight excluding hydrogens is 1620 g/mol. The Hall–Kier alpha value is -7.59. The molecule has 7 aromatic rings. The van der Waals surface area contributed by atoms with Crippen molar-refractivity contribution < 1.29 is 83.7 Å². The summed E-state index contributed by atoms with van der Waals surface area (Å²) in [6, 6.07) is 39.3. The third-order valence-corrected chi connectivity index (χ3v) is 22.2. The van der Waals surface area contributed by atoms with E-state index in [0.717, 1.165) is 85.6 Å². The van der Waals surface area contributed by atoms with Gasteiger partial charge in [0.25, 0.3) is 0 Å². The van der Waals surface area contributed by atoms with Crippen LogP contribution in [-0.4, -0.2) is 92.7 Å². The Morgan fingerprint density at radius 2 is 0.698 bits per heavy atom. The minimum atomic E-state index is -4.39. The number of alkyl halides is 6. The monoisotopic (exact) mass is 1780 g/mol. The summed E-state index contributed by atoms with van der Waals surface area (Å²) in [6.07, 6.45) is 2.11. The molecule has 0 bridgehead atoms. The number of unbranched alkanes of at least 4 members (excludes halogenated alkanes) is 3. The molecule has 0 aliphatic carbocycles. The maximum atomic E-state index is 13.8. The van der Waals surface area contributed by atoms with Gasteiger partial charge in [0.1, 0.15) is 29.8 Å². The number of rotatable bonds is 31. The maximum absolute atomic E-state index is 13.8. The van der Waals surface area contributed by atoms with Crippen LogP contribution in [0, 0.1) is 35.2 Å². The summed E-state index contributed by atoms with van der Waals surface area (Å²) >= 11 is 0. The number of halogens is 9. The smallest absolute Gasteiger partial charge is 0.416 e. The number of carboxylic acid groups (broad SMARTS) is 2. The molecule has 0 saturated heterocycles. The SMILES string of the molecule is CC(C)(C)c1cc(CNCCO)ccc1F.CC(C)(C)c1cccc(CNCCO)c1.CCCCCc1ccc(C(F)(F)F)c(C(C)(C)C)c1.CC[C@](C)(CCc1ccc(C(F)(F)F)c(C(C)(C)C)c1)C(=O)O.CC[C@](C)(CCc1ccc(F)c(C(C)(C)C)c1)C(=O)O.COCCCCc1ccc(C)c(C(C)(C)C)c1.COCCOc1ccc(F)c(C(C)(C)C)c1. The van der Waals surface area contributed by atoms with Crippen molar-refractivity contribution in [3.05, 3.63) is 240 Å². The number of benzene rings is 7.